The first-order valence-electron chi connectivity index (χ1n) is 8.13. The number of fused-ring (bicyclic) bond motifs is 1. The van der Waals surface area contributed by atoms with Crippen LogP contribution in [0.1, 0.15) is 11.1 Å². The summed E-state index contributed by atoms with van der Waals surface area (Å²) in [4.78, 5) is 31.4. The minimum atomic E-state index is -0.859. The molecule has 0 aliphatic carbocycles. The third-order valence-electron chi connectivity index (χ3n) is 3.95. The van der Waals surface area contributed by atoms with Gasteiger partial charge in [-0.15, -0.1) is 0 Å². The van der Waals surface area contributed by atoms with Crippen LogP contribution in [0.15, 0.2) is 54.9 Å². The monoisotopic (exact) mass is 353 g/mol. The zero-order chi connectivity index (χ0) is 18.4. The molecule has 0 aliphatic rings. The molecular formula is C19H19N3O4. The summed E-state index contributed by atoms with van der Waals surface area (Å²) in [6, 6.07) is 12.2. The quantitative estimate of drug-likeness (QED) is 0.665. The molecule has 2 N–H and O–H groups in total. The smallest absolute Gasteiger partial charge is 0.408 e. The molecule has 1 atom stereocenters. The number of nitrogens with one attached hydrogen (secondary N) is 2. The topological polar surface area (TPSA) is 93.3 Å². The number of amides is 1. The van der Waals surface area contributed by atoms with Gasteiger partial charge < -0.3 is 19.8 Å². The van der Waals surface area contributed by atoms with Gasteiger partial charge in [0.05, 0.1) is 7.11 Å². The number of carbonyl (C=O) groups excluding carboxylic acids is 2. The highest BCUT2D eigenvalue weighted by molar-refractivity contribution is 5.84. The van der Waals surface area contributed by atoms with Crippen LogP contribution in [-0.4, -0.2) is 35.2 Å². The lowest BCUT2D eigenvalue weighted by molar-refractivity contribution is -0.142. The van der Waals surface area contributed by atoms with E-state index in [1.807, 2.05) is 42.5 Å². The molecule has 0 fully saturated rings. The number of pyridine rings is 1. The molecule has 0 saturated heterocycles. The summed E-state index contributed by atoms with van der Waals surface area (Å²) in [7, 11) is 1.28. The fourth-order valence-corrected chi connectivity index (χ4v) is 2.64. The highest BCUT2D eigenvalue weighted by Crippen LogP contribution is 2.17. The van der Waals surface area contributed by atoms with Crippen LogP contribution in [0.5, 0.6) is 0 Å². The number of aromatic nitrogens is 2. The molecule has 0 saturated carbocycles. The van der Waals surface area contributed by atoms with Crippen LogP contribution in [0.2, 0.25) is 0 Å². The third-order valence-corrected chi connectivity index (χ3v) is 3.95. The van der Waals surface area contributed by atoms with E-state index in [0.29, 0.717) is 0 Å². The molecule has 0 unspecified atom stereocenters. The molecule has 3 rings (SSSR count). The molecular weight excluding hydrogens is 334 g/mol. The summed E-state index contributed by atoms with van der Waals surface area (Å²) in [5, 5.41) is 3.46. The fraction of sp³-hybridized carbons (Fsp3) is 0.211. The Kier molecular flexibility index (Phi) is 5.48. The van der Waals surface area contributed by atoms with Gasteiger partial charge in [-0.3, -0.25) is 0 Å². The lowest BCUT2D eigenvalue weighted by Gasteiger charge is -2.16. The Labute approximate surface area is 150 Å². The van der Waals surface area contributed by atoms with Crippen LogP contribution in [0.4, 0.5) is 4.79 Å². The van der Waals surface area contributed by atoms with E-state index in [2.05, 4.69) is 15.3 Å². The van der Waals surface area contributed by atoms with Gasteiger partial charge in [-0.05, 0) is 23.3 Å². The summed E-state index contributed by atoms with van der Waals surface area (Å²) in [6.07, 6.45) is 3.03. The first kappa shape index (κ1) is 17.5. The molecule has 3 aromatic rings. The van der Waals surface area contributed by atoms with E-state index in [1.54, 1.807) is 12.4 Å². The standard InChI is InChI=1S/C19H19N3O4/c1-25-18(23)16(10-14-11-21-17-15(14)8-5-9-20-17)22-19(24)26-12-13-6-3-2-4-7-13/h2-9,11,16H,10,12H2,1H3,(H,20,21)(H,22,24)/t16-/m0/s1. The predicted octanol–water partition coefficient (Wildman–Crippen LogP) is 2.57. The first-order chi connectivity index (χ1) is 12.7. The van der Waals surface area contributed by atoms with E-state index in [9.17, 15) is 9.59 Å². The second kappa shape index (κ2) is 8.15. The molecule has 7 heteroatoms. The van der Waals surface area contributed by atoms with Crippen molar-refractivity contribution in [1.29, 1.82) is 0 Å². The Morgan fingerprint density at radius 2 is 2.00 bits per heavy atom. The van der Waals surface area contributed by atoms with Gasteiger partial charge >= 0.3 is 12.1 Å². The van der Waals surface area contributed by atoms with Crippen molar-refractivity contribution in [2.24, 2.45) is 0 Å². The van der Waals surface area contributed by atoms with Gasteiger partial charge in [0.15, 0.2) is 0 Å². The van der Waals surface area contributed by atoms with Gasteiger partial charge in [-0.25, -0.2) is 14.6 Å². The highest BCUT2D eigenvalue weighted by Gasteiger charge is 2.24. The van der Waals surface area contributed by atoms with E-state index in [1.165, 1.54) is 7.11 Å². The van der Waals surface area contributed by atoms with Crippen molar-refractivity contribution in [1.82, 2.24) is 15.3 Å². The molecule has 1 aromatic carbocycles. The van der Waals surface area contributed by atoms with Gasteiger partial charge in [-0.1, -0.05) is 30.3 Å². The van der Waals surface area contributed by atoms with Crippen molar-refractivity contribution in [3.8, 4) is 0 Å². The number of nitrogens with zero attached hydrogens (tertiary/aromatic N) is 1. The van der Waals surface area contributed by atoms with Gasteiger partial charge in [0.25, 0.3) is 0 Å². The van der Waals surface area contributed by atoms with Crippen molar-refractivity contribution < 1.29 is 19.1 Å². The summed E-state index contributed by atoms with van der Waals surface area (Å²) in [5.74, 6) is -0.542. The van der Waals surface area contributed by atoms with Gasteiger partial charge in [-0.2, -0.15) is 0 Å². The van der Waals surface area contributed by atoms with E-state index >= 15 is 0 Å². The number of alkyl carbamates (subject to hydrolysis) is 1. The van der Waals surface area contributed by atoms with Gasteiger partial charge in [0, 0.05) is 24.2 Å². The Hall–Kier alpha value is -3.35. The van der Waals surface area contributed by atoms with Crippen molar-refractivity contribution >= 4 is 23.1 Å². The summed E-state index contributed by atoms with van der Waals surface area (Å²) in [5.41, 5.74) is 2.43. The Bertz CT molecular complexity index is 892. The molecule has 0 radical (unpaired) electrons. The van der Waals surface area contributed by atoms with E-state index in [4.69, 9.17) is 9.47 Å². The molecule has 0 bridgehead atoms. The summed E-state index contributed by atoms with van der Waals surface area (Å²) in [6.45, 7) is 0.123. The number of benzene rings is 1. The van der Waals surface area contributed by atoms with Crippen LogP contribution in [0.3, 0.4) is 0 Å². The normalized spacial score (nSPS) is 11.7. The van der Waals surface area contributed by atoms with Crippen LogP contribution < -0.4 is 5.32 Å². The van der Waals surface area contributed by atoms with Crippen molar-refractivity contribution in [2.45, 2.75) is 19.1 Å². The van der Waals surface area contributed by atoms with E-state index in [0.717, 1.165) is 22.2 Å². The number of esters is 1. The Morgan fingerprint density at radius 1 is 1.19 bits per heavy atom. The number of rotatable bonds is 6. The maximum Gasteiger partial charge on any atom is 0.408 e. The lowest BCUT2D eigenvalue weighted by Crippen LogP contribution is -2.43. The number of ether oxygens (including phenoxy) is 2. The Morgan fingerprint density at radius 3 is 2.77 bits per heavy atom. The van der Waals surface area contributed by atoms with Gasteiger partial charge in [0.2, 0.25) is 0 Å². The van der Waals surface area contributed by atoms with Crippen LogP contribution in [-0.2, 0) is 27.3 Å². The Balaban J connectivity index is 1.66. The number of H-pyrrole nitrogens is 1. The molecule has 0 spiro atoms. The minimum Gasteiger partial charge on any atom is -0.467 e. The predicted molar refractivity (Wildman–Crippen MR) is 95.4 cm³/mol. The number of methoxy groups -OCH3 is 1. The first-order valence-corrected chi connectivity index (χ1v) is 8.13. The maximum absolute atomic E-state index is 12.1. The molecule has 2 aromatic heterocycles. The zero-order valence-corrected chi connectivity index (χ0v) is 14.3. The zero-order valence-electron chi connectivity index (χ0n) is 14.3. The second-order valence-electron chi connectivity index (χ2n) is 5.70. The molecule has 134 valence electrons. The van der Waals surface area contributed by atoms with Crippen LogP contribution in [0, 0.1) is 0 Å². The fourth-order valence-electron chi connectivity index (χ4n) is 2.64. The molecule has 1 amide bonds. The number of hydrogen-bond acceptors (Lipinski definition) is 5. The molecule has 0 aliphatic heterocycles. The highest BCUT2D eigenvalue weighted by atomic mass is 16.6. The van der Waals surface area contributed by atoms with Crippen molar-refractivity contribution in [3.05, 3.63) is 66.0 Å². The average molecular weight is 353 g/mol. The minimum absolute atomic E-state index is 0.123. The molecule has 2 heterocycles. The van der Waals surface area contributed by atoms with Crippen LogP contribution >= 0.6 is 0 Å². The average Bonchev–Trinajstić information content (AvgIpc) is 3.09. The summed E-state index contributed by atoms with van der Waals surface area (Å²) < 4.78 is 9.98. The SMILES string of the molecule is COC(=O)[C@H](Cc1c[nH]c2ncccc12)NC(=O)OCc1ccccc1. The molecule has 26 heavy (non-hydrogen) atoms. The number of carbonyl (C=O) groups is 2. The second-order valence-corrected chi connectivity index (χ2v) is 5.70. The number of hydrogen-bond donors (Lipinski definition) is 2. The number of aromatic amines is 1. The molecule has 7 nitrogen and oxygen atoms in total. The lowest BCUT2D eigenvalue weighted by atomic mass is 10.1. The van der Waals surface area contributed by atoms with E-state index < -0.39 is 18.1 Å². The largest absolute Gasteiger partial charge is 0.467 e. The van der Waals surface area contributed by atoms with Gasteiger partial charge in [0.1, 0.15) is 18.3 Å². The van der Waals surface area contributed by atoms with Crippen molar-refractivity contribution in [2.75, 3.05) is 7.11 Å². The van der Waals surface area contributed by atoms with Crippen molar-refractivity contribution in [3.63, 3.8) is 0 Å². The maximum atomic E-state index is 12.1. The van der Waals surface area contributed by atoms with Crippen LogP contribution in [0.25, 0.3) is 11.0 Å². The third kappa shape index (κ3) is 4.18. The summed E-state index contributed by atoms with van der Waals surface area (Å²) >= 11 is 0. The van der Waals surface area contributed by atoms with E-state index in [-0.39, 0.29) is 13.0 Å².